The van der Waals surface area contributed by atoms with E-state index < -0.39 is 35.3 Å². The van der Waals surface area contributed by atoms with Gasteiger partial charge in [0.15, 0.2) is 0 Å². The van der Waals surface area contributed by atoms with Crippen molar-refractivity contribution in [2.45, 2.75) is 37.0 Å². The van der Waals surface area contributed by atoms with Crippen LogP contribution in [0.5, 0.6) is 5.75 Å². The van der Waals surface area contributed by atoms with E-state index in [4.69, 9.17) is 14.2 Å². The molecule has 49 heavy (non-hydrogen) atoms. The van der Waals surface area contributed by atoms with E-state index in [2.05, 4.69) is 15.3 Å². The summed E-state index contributed by atoms with van der Waals surface area (Å²) in [4.78, 5) is 28.3. The zero-order valence-electron chi connectivity index (χ0n) is 26.8. The number of methoxy groups -OCH3 is 1. The van der Waals surface area contributed by atoms with Crippen molar-refractivity contribution in [3.8, 4) is 17.0 Å². The predicted octanol–water partition coefficient (Wildman–Crippen LogP) is 4.51. The van der Waals surface area contributed by atoms with Crippen molar-refractivity contribution in [1.29, 1.82) is 0 Å². The van der Waals surface area contributed by atoms with E-state index >= 15 is 0 Å². The van der Waals surface area contributed by atoms with Gasteiger partial charge in [-0.1, -0.05) is 108 Å². The summed E-state index contributed by atoms with van der Waals surface area (Å²) in [6.45, 7) is 0.460. The fraction of sp³-hybridized carbons (Fsp3) is 0.211. The second-order valence-corrected chi connectivity index (χ2v) is 11.9. The molecule has 7 rings (SSSR count). The Labute approximate surface area is 282 Å². The standard InChI is InChI=1S/C38H35N5O6/c1-47-30-19-17-29(18-20-30)38(27-13-7-3-8-14-27,28-15-9-4-10-16-28)48-25-34-33(44)21-35(49-34)43-23-31(36(45)39-37(43)46)32-24-42(41-40-32)22-26-11-5-2-6-12-26/h2-20,23-24,33-35,44H,21-22,25H2,1H3,(H,39,45,46)/t33-,34+,35+/m0/s1. The van der Waals surface area contributed by atoms with Crippen LogP contribution in [0.15, 0.2) is 137 Å². The van der Waals surface area contributed by atoms with E-state index in [1.807, 2.05) is 115 Å². The largest absolute Gasteiger partial charge is 0.497 e. The van der Waals surface area contributed by atoms with Crippen molar-refractivity contribution in [1.82, 2.24) is 24.5 Å². The quantitative estimate of drug-likeness (QED) is 0.195. The Morgan fingerprint density at radius 1 is 0.857 bits per heavy atom. The minimum Gasteiger partial charge on any atom is -0.497 e. The fourth-order valence-electron chi connectivity index (χ4n) is 6.32. The van der Waals surface area contributed by atoms with E-state index in [9.17, 15) is 14.7 Å². The van der Waals surface area contributed by atoms with Crippen LogP contribution in [-0.4, -0.2) is 55.6 Å². The average Bonchev–Trinajstić information content (AvgIpc) is 3.76. The van der Waals surface area contributed by atoms with Gasteiger partial charge in [-0.15, -0.1) is 5.10 Å². The summed E-state index contributed by atoms with van der Waals surface area (Å²) in [5.74, 6) is 0.709. The maximum Gasteiger partial charge on any atom is 0.330 e. The van der Waals surface area contributed by atoms with Gasteiger partial charge in [0.2, 0.25) is 0 Å². The second kappa shape index (κ2) is 13.9. The molecule has 6 aromatic rings. The molecule has 1 saturated heterocycles. The monoisotopic (exact) mass is 657 g/mol. The van der Waals surface area contributed by atoms with Crippen molar-refractivity contribution in [2.75, 3.05) is 13.7 Å². The number of aliphatic hydroxyl groups is 1. The lowest BCUT2D eigenvalue weighted by Gasteiger charge is -2.37. The number of H-pyrrole nitrogens is 1. The van der Waals surface area contributed by atoms with Crippen molar-refractivity contribution in [2.24, 2.45) is 0 Å². The highest BCUT2D eigenvalue weighted by Gasteiger charge is 2.42. The number of hydrogen-bond acceptors (Lipinski definition) is 8. The maximum atomic E-state index is 13.1. The Hall–Kier alpha value is -5.62. The summed E-state index contributed by atoms with van der Waals surface area (Å²) in [7, 11) is 1.62. The van der Waals surface area contributed by atoms with Gasteiger partial charge in [-0.25, -0.2) is 9.48 Å². The van der Waals surface area contributed by atoms with Crippen molar-refractivity contribution in [3.63, 3.8) is 0 Å². The Morgan fingerprint density at radius 2 is 1.47 bits per heavy atom. The first-order valence-electron chi connectivity index (χ1n) is 16.0. The van der Waals surface area contributed by atoms with Crippen LogP contribution in [-0.2, 0) is 21.6 Å². The highest BCUT2D eigenvalue weighted by Crippen LogP contribution is 2.42. The van der Waals surface area contributed by atoms with Crippen LogP contribution in [0.2, 0.25) is 0 Å². The first-order valence-corrected chi connectivity index (χ1v) is 16.0. The van der Waals surface area contributed by atoms with Crippen molar-refractivity contribution < 1.29 is 19.3 Å². The van der Waals surface area contributed by atoms with Crippen LogP contribution in [0.25, 0.3) is 11.3 Å². The van der Waals surface area contributed by atoms with E-state index in [1.165, 1.54) is 10.8 Å². The van der Waals surface area contributed by atoms with Crippen LogP contribution in [0.4, 0.5) is 0 Å². The predicted molar refractivity (Wildman–Crippen MR) is 182 cm³/mol. The first kappa shape index (κ1) is 32.0. The number of nitrogens with zero attached hydrogens (tertiary/aromatic N) is 4. The maximum absolute atomic E-state index is 13.1. The van der Waals surface area contributed by atoms with Gasteiger partial charge in [-0.05, 0) is 34.4 Å². The van der Waals surface area contributed by atoms with E-state index in [-0.39, 0.29) is 18.6 Å². The number of benzene rings is 4. The van der Waals surface area contributed by atoms with E-state index in [0.29, 0.717) is 18.0 Å². The van der Waals surface area contributed by atoms with E-state index in [0.717, 1.165) is 22.3 Å². The molecule has 11 nitrogen and oxygen atoms in total. The smallest absolute Gasteiger partial charge is 0.330 e. The molecule has 0 unspecified atom stereocenters. The lowest BCUT2D eigenvalue weighted by Crippen LogP contribution is -2.38. The van der Waals surface area contributed by atoms with Gasteiger partial charge in [0.1, 0.15) is 29.4 Å². The molecule has 248 valence electrons. The Bertz CT molecular complexity index is 2070. The summed E-state index contributed by atoms with van der Waals surface area (Å²) in [6.07, 6.45) is 0.554. The molecule has 0 spiro atoms. The molecule has 1 aliphatic heterocycles. The molecule has 3 atom stereocenters. The lowest BCUT2D eigenvalue weighted by molar-refractivity contribution is -0.0944. The summed E-state index contributed by atoms with van der Waals surface area (Å²) in [6, 6.07) is 37.2. The molecule has 0 aliphatic carbocycles. The minimum atomic E-state index is -1.07. The van der Waals surface area contributed by atoms with Gasteiger partial charge in [-0.2, -0.15) is 0 Å². The first-order chi connectivity index (χ1) is 23.9. The molecule has 1 aliphatic rings. The topological polar surface area (TPSA) is 133 Å². The zero-order chi connectivity index (χ0) is 33.8. The number of aromatic amines is 1. The summed E-state index contributed by atoms with van der Waals surface area (Å²) in [5.41, 5.74) is 1.79. The molecule has 2 aromatic heterocycles. The van der Waals surface area contributed by atoms with Gasteiger partial charge in [0, 0.05) is 12.6 Å². The molecule has 0 radical (unpaired) electrons. The molecule has 3 heterocycles. The summed E-state index contributed by atoms with van der Waals surface area (Å²) >= 11 is 0. The van der Waals surface area contributed by atoms with Gasteiger partial charge < -0.3 is 19.3 Å². The number of rotatable bonds is 11. The second-order valence-electron chi connectivity index (χ2n) is 11.9. The van der Waals surface area contributed by atoms with Gasteiger partial charge in [0.25, 0.3) is 5.56 Å². The van der Waals surface area contributed by atoms with E-state index in [1.54, 1.807) is 18.0 Å². The highest BCUT2D eigenvalue weighted by molar-refractivity contribution is 5.55. The molecule has 1 fully saturated rings. The van der Waals surface area contributed by atoms with Crippen molar-refractivity contribution in [3.05, 3.63) is 171 Å². The lowest BCUT2D eigenvalue weighted by atomic mass is 9.80. The average molecular weight is 658 g/mol. The number of ether oxygens (including phenoxy) is 3. The summed E-state index contributed by atoms with van der Waals surface area (Å²) in [5, 5.41) is 19.6. The van der Waals surface area contributed by atoms with Crippen LogP contribution in [0.3, 0.4) is 0 Å². The van der Waals surface area contributed by atoms with Gasteiger partial charge >= 0.3 is 5.69 Å². The molecule has 4 aromatic carbocycles. The van der Waals surface area contributed by atoms with Crippen LogP contribution in [0, 0.1) is 0 Å². The highest BCUT2D eigenvalue weighted by atomic mass is 16.6. The normalized spacial score (nSPS) is 17.6. The molecule has 11 heteroatoms. The third-order valence-electron chi connectivity index (χ3n) is 8.81. The molecule has 0 amide bonds. The van der Waals surface area contributed by atoms with Crippen LogP contribution >= 0.6 is 0 Å². The molecule has 0 bridgehead atoms. The number of nitrogens with one attached hydrogen (secondary N) is 1. The number of aliphatic hydroxyl groups excluding tert-OH is 1. The molecular weight excluding hydrogens is 622 g/mol. The SMILES string of the molecule is COc1ccc(C(OC[C@H]2O[C@@H](n3cc(-c4cn(Cc5ccccc5)nn4)c(=O)[nH]c3=O)C[C@@H]2O)(c2ccccc2)c2ccccc2)cc1. The van der Waals surface area contributed by atoms with Gasteiger partial charge in [0.05, 0.1) is 38.1 Å². The third kappa shape index (κ3) is 6.47. The van der Waals surface area contributed by atoms with Crippen molar-refractivity contribution >= 4 is 0 Å². The number of hydrogen-bond donors (Lipinski definition) is 2. The molecular formula is C38H35N5O6. The Morgan fingerprint density at radius 3 is 2.10 bits per heavy atom. The summed E-state index contributed by atoms with van der Waals surface area (Å²) < 4.78 is 21.5. The Balaban J connectivity index is 1.17. The van der Waals surface area contributed by atoms with Crippen LogP contribution in [0.1, 0.15) is 34.9 Å². The fourth-order valence-corrected chi connectivity index (χ4v) is 6.32. The molecule has 2 N–H and O–H groups in total. The Kier molecular flexibility index (Phi) is 9.03. The molecule has 0 saturated carbocycles. The minimum absolute atomic E-state index is 0.00768. The van der Waals surface area contributed by atoms with Crippen LogP contribution < -0.4 is 16.0 Å². The van der Waals surface area contributed by atoms with Gasteiger partial charge in [-0.3, -0.25) is 14.3 Å². The number of aromatic nitrogens is 5. The third-order valence-corrected chi connectivity index (χ3v) is 8.81. The zero-order valence-corrected chi connectivity index (χ0v) is 26.8.